The molecule has 164 valence electrons. The number of esters is 2. The highest BCUT2D eigenvalue weighted by Gasteiger charge is 2.46. The summed E-state index contributed by atoms with van der Waals surface area (Å²) in [6.07, 6.45) is 3.80. The van der Waals surface area contributed by atoms with Crippen molar-refractivity contribution in [3.8, 4) is 0 Å². The zero-order valence-electron chi connectivity index (χ0n) is 19.0. The Morgan fingerprint density at radius 3 is 1.71 bits per heavy atom. The molecule has 1 aliphatic heterocycles. The molecule has 0 aliphatic carbocycles. The standard InChI is InChI=1S/C25H30N2O4/c1-25(2)30-23(28)22(24(29)31-25)21(18-10-14-20(15-11-18)27(5)6)16-9-17-7-12-19(13-8-17)26(3)4/h7-16,21-22H,1-6H3/b16-9+. The van der Waals surface area contributed by atoms with Crippen LogP contribution in [-0.4, -0.2) is 45.9 Å². The molecule has 1 saturated heterocycles. The molecule has 2 aromatic rings. The number of ether oxygens (including phenoxy) is 2. The second kappa shape index (κ2) is 8.84. The van der Waals surface area contributed by atoms with Gasteiger partial charge in [-0.25, -0.2) is 0 Å². The van der Waals surface area contributed by atoms with Crippen LogP contribution in [-0.2, 0) is 19.1 Å². The van der Waals surface area contributed by atoms with Crippen LogP contribution in [0.2, 0.25) is 0 Å². The van der Waals surface area contributed by atoms with Gasteiger partial charge in [-0.15, -0.1) is 0 Å². The zero-order chi connectivity index (χ0) is 22.8. The Kier molecular flexibility index (Phi) is 6.39. The van der Waals surface area contributed by atoms with Gasteiger partial charge in [0.25, 0.3) is 5.79 Å². The summed E-state index contributed by atoms with van der Waals surface area (Å²) in [6, 6.07) is 15.8. The van der Waals surface area contributed by atoms with E-state index in [1.54, 1.807) is 13.8 Å². The Morgan fingerprint density at radius 2 is 1.26 bits per heavy atom. The minimum Gasteiger partial charge on any atom is -0.422 e. The van der Waals surface area contributed by atoms with Crippen LogP contribution >= 0.6 is 0 Å². The first-order valence-corrected chi connectivity index (χ1v) is 10.3. The summed E-state index contributed by atoms with van der Waals surface area (Å²) < 4.78 is 10.8. The number of cyclic esters (lactones) is 2. The van der Waals surface area contributed by atoms with Crippen molar-refractivity contribution in [3.63, 3.8) is 0 Å². The summed E-state index contributed by atoms with van der Waals surface area (Å²) in [5.74, 6) is -3.97. The van der Waals surface area contributed by atoms with Crippen molar-refractivity contribution in [2.24, 2.45) is 5.92 Å². The highest BCUT2D eigenvalue weighted by atomic mass is 16.7. The van der Waals surface area contributed by atoms with Crippen molar-refractivity contribution in [1.82, 2.24) is 0 Å². The van der Waals surface area contributed by atoms with Crippen molar-refractivity contribution < 1.29 is 19.1 Å². The Hall–Kier alpha value is -3.28. The van der Waals surface area contributed by atoms with Gasteiger partial charge in [-0.05, 0) is 35.4 Å². The number of nitrogens with zero attached hydrogens (tertiary/aromatic N) is 2. The molecule has 0 saturated carbocycles. The number of carbonyl (C=O) groups excluding carboxylic acids is 2. The van der Waals surface area contributed by atoms with Crippen LogP contribution in [0.4, 0.5) is 11.4 Å². The summed E-state index contributed by atoms with van der Waals surface area (Å²) in [5, 5.41) is 0. The Bertz CT molecular complexity index is 940. The summed E-state index contributed by atoms with van der Waals surface area (Å²) in [6.45, 7) is 3.12. The monoisotopic (exact) mass is 422 g/mol. The third-order valence-electron chi connectivity index (χ3n) is 5.26. The van der Waals surface area contributed by atoms with E-state index in [9.17, 15) is 9.59 Å². The molecule has 6 heteroatoms. The zero-order valence-corrected chi connectivity index (χ0v) is 19.0. The van der Waals surface area contributed by atoms with Gasteiger partial charge >= 0.3 is 11.9 Å². The van der Waals surface area contributed by atoms with Crippen LogP contribution in [0.3, 0.4) is 0 Å². The third-order valence-corrected chi connectivity index (χ3v) is 5.26. The van der Waals surface area contributed by atoms with Crippen molar-refractivity contribution in [2.75, 3.05) is 38.0 Å². The molecule has 1 atom stereocenters. The number of rotatable bonds is 6. The molecule has 0 N–H and O–H groups in total. The molecule has 1 unspecified atom stereocenters. The lowest BCUT2D eigenvalue weighted by atomic mass is 9.84. The molecule has 31 heavy (non-hydrogen) atoms. The molecule has 0 spiro atoms. The van der Waals surface area contributed by atoms with Gasteiger partial charge in [-0.1, -0.05) is 36.4 Å². The number of allylic oxidation sites excluding steroid dienone is 1. The van der Waals surface area contributed by atoms with Gasteiger partial charge in [0.2, 0.25) is 0 Å². The number of anilines is 2. The van der Waals surface area contributed by atoms with E-state index in [0.29, 0.717) is 0 Å². The first-order chi connectivity index (χ1) is 14.6. The molecule has 3 rings (SSSR count). The highest BCUT2D eigenvalue weighted by Crippen LogP contribution is 2.35. The number of benzene rings is 2. The van der Waals surface area contributed by atoms with Crippen molar-refractivity contribution >= 4 is 29.4 Å². The molecule has 6 nitrogen and oxygen atoms in total. The molecule has 1 aliphatic rings. The Balaban J connectivity index is 1.96. The predicted molar refractivity (Wildman–Crippen MR) is 123 cm³/mol. The maximum atomic E-state index is 12.8. The Labute approximate surface area is 184 Å². The fourth-order valence-electron chi connectivity index (χ4n) is 3.53. The van der Waals surface area contributed by atoms with E-state index in [1.165, 1.54) is 0 Å². The van der Waals surface area contributed by atoms with E-state index in [2.05, 4.69) is 0 Å². The molecule has 0 aromatic heterocycles. The summed E-state index contributed by atoms with van der Waals surface area (Å²) in [4.78, 5) is 29.6. The van der Waals surface area contributed by atoms with E-state index in [0.717, 1.165) is 22.5 Å². The van der Waals surface area contributed by atoms with E-state index in [1.807, 2.05) is 98.7 Å². The molecular formula is C25H30N2O4. The second-order valence-electron chi connectivity index (χ2n) is 8.58. The van der Waals surface area contributed by atoms with Crippen LogP contribution in [0, 0.1) is 5.92 Å². The van der Waals surface area contributed by atoms with Gasteiger partial charge in [0, 0.05) is 59.3 Å². The first-order valence-electron chi connectivity index (χ1n) is 10.3. The molecule has 0 bridgehead atoms. The van der Waals surface area contributed by atoms with Crippen molar-refractivity contribution in [3.05, 3.63) is 65.7 Å². The van der Waals surface area contributed by atoms with E-state index in [4.69, 9.17) is 9.47 Å². The minimum atomic E-state index is -1.25. The van der Waals surface area contributed by atoms with Crippen molar-refractivity contribution in [1.29, 1.82) is 0 Å². The first kappa shape index (κ1) is 22.4. The summed E-state index contributed by atoms with van der Waals surface area (Å²) >= 11 is 0. The quantitative estimate of drug-likeness (QED) is 0.517. The molecule has 1 heterocycles. The summed E-state index contributed by atoms with van der Waals surface area (Å²) in [5.41, 5.74) is 3.93. The fraction of sp³-hybridized carbons (Fsp3) is 0.360. The molecule has 2 aromatic carbocycles. The van der Waals surface area contributed by atoms with Gasteiger partial charge in [-0.2, -0.15) is 0 Å². The molecular weight excluding hydrogens is 392 g/mol. The topological polar surface area (TPSA) is 59.1 Å². The van der Waals surface area contributed by atoms with Crippen LogP contribution in [0.5, 0.6) is 0 Å². The smallest absolute Gasteiger partial charge is 0.324 e. The van der Waals surface area contributed by atoms with Crippen LogP contribution in [0.25, 0.3) is 6.08 Å². The van der Waals surface area contributed by atoms with Crippen LogP contribution < -0.4 is 9.80 Å². The summed E-state index contributed by atoms with van der Waals surface area (Å²) in [7, 11) is 7.89. The largest absolute Gasteiger partial charge is 0.422 e. The van der Waals surface area contributed by atoms with E-state index >= 15 is 0 Å². The highest BCUT2D eigenvalue weighted by molar-refractivity contribution is 5.98. The predicted octanol–water partition coefficient (Wildman–Crippen LogP) is 4.07. The lowest BCUT2D eigenvalue weighted by molar-refractivity contribution is -0.240. The number of hydrogen-bond acceptors (Lipinski definition) is 6. The SMILES string of the molecule is CN(C)c1ccc(/C=C/C(c2ccc(N(C)C)cc2)C2C(=O)OC(C)(C)OC2=O)cc1. The molecule has 0 amide bonds. The maximum absolute atomic E-state index is 12.8. The minimum absolute atomic E-state index is 0.513. The number of hydrogen-bond donors (Lipinski definition) is 0. The maximum Gasteiger partial charge on any atom is 0.324 e. The normalized spacial score (nSPS) is 17.2. The third kappa shape index (κ3) is 5.26. The second-order valence-corrected chi connectivity index (χ2v) is 8.58. The van der Waals surface area contributed by atoms with E-state index in [-0.39, 0.29) is 0 Å². The fourth-order valence-corrected chi connectivity index (χ4v) is 3.53. The van der Waals surface area contributed by atoms with Crippen molar-refractivity contribution in [2.45, 2.75) is 25.6 Å². The molecule has 1 fully saturated rings. The van der Waals surface area contributed by atoms with Gasteiger partial charge in [-0.3, -0.25) is 9.59 Å². The lowest BCUT2D eigenvalue weighted by Gasteiger charge is -2.35. The molecule has 0 radical (unpaired) electrons. The van der Waals surface area contributed by atoms with E-state index < -0.39 is 29.6 Å². The average molecular weight is 423 g/mol. The van der Waals surface area contributed by atoms with Gasteiger partial charge in [0.05, 0.1) is 0 Å². The number of carbonyl (C=O) groups is 2. The van der Waals surface area contributed by atoms with Gasteiger partial charge in [0.1, 0.15) is 0 Å². The van der Waals surface area contributed by atoms with Gasteiger partial charge in [0.15, 0.2) is 5.92 Å². The van der Waals surface area contributed by atoms with Gasteiger partial charge < -0.3 is 19.3 Å². The average Bonchev–Trinajstić information content (AvgIpc) is 2.69. The van der Waals surface area contributed by atoms with Crippen LogP contribution in [0.1, 0.15) is 30.9 Å². The Morgan fingerprint density at radius 1 is 0.806 bits per heavy atom. The van der Waals surface area contributed by atoms with Crippen LogP contribution in [0.15, 0.2) is 54.6 Å². The lowest BCUT2D eigenvalue weighted by Crippen LogP contribution is -2.48.